The van der Waals surface area contributed by atoms with Crippen molar-refractivity contribution in [1.82, 2.24) is 0 Å². The van der Waals surface area contributed by atoms with Crippen molar-refractivity contribution in [2.24, 2.45) is 11.3 Å². The second kappa shape index (κ2) is 5.23. The molecule has 0 amide bonds. The van der Waals surface area contributed by atoms with E-state index in [9.17, 15) is 5.11 Å². The van der Waals surface area contributed by atoms with Gasteiger partial charge in [0.15, 0.2) is 0 Å². The predicted octanol–water partition coefficient (Wildman–Crippen LogP) is 3.76. The van der Waals surface area contributed by atoms with E-state index in [1.165, 1.54) is 12.8 Å². The molecule has 1 aliphatic rings. The highest BCUT2D eigenvalue weighted by atomic mass is 16.3. The summed E-state index contributed by atoms with van der Waals surface area (Å²) in [7, 11) is 0. The second-order valence-corrected chi connectivity index (χ2v) is 6.33. The molecular weight excluding hydrogens is 196 g/mol. The van der Waals surface area contributed by atoms with E-state index in [1.807, 2.05) is 0 Å². The normalized spacial score (nSPS) is 31.1. The fraction of sp³-hybridized carbons (Fsp3) is 0.867. The van der Waals surface area contributed by atoms with E-state index in [0.717, 1.165) is 32.1 Å². The van der Waals surface area contributed by atoms with E-state index in [2.05, 4.69) is 26.7 Å². The number of hydrogen-bond acceptors (Lipinski definition) is 1. The highest BCUT2D eigenvalue weighted by molar-refractivity contribution is 4.96. The van der Waals surface area contributed by atoms with Crippen LogP contribution in [0.2, 0.25) is 0 Å². The van der Waals surface area contributed by atoms with Gasteiger partial charge in [0, 0.05) is 6.42 Å². The van der Waals surface area contributed by atoms with E-state index in [1.54, 1.807) is 0 Å². The van der Waals surface area contributed by atoms with Gasteiger partial charge in [-0.15, -0.1) is 12.3 Å². The predicted molar refractivity (Wildman–Crippen MR) is 69.0 cm³/mol. The van der Waals surface area contributed by atoms with Gasteiger partial charge in [0.2, 0.25) is 0 Å². The van der Waals surface area contributed by atoms with E-state index in [4.69, 9.17) is 6.42 Å². The summed E-state index contributed by atoms with van der Waals surface area (Å²) in [5, 5.41) is 10.8. The summed E-state index contributed by atoms with van der Waals surface area (Å²) in [5.74, 6) is 3.09. The Morgan fingerprint density at radius 2 is 2.06 bits per heavy atom. The highest BCUT2D eigenvalue weighted by Gasteiger charge is 2.43. The Labute approximate surface area is 101 Å². The zero-order valence-electron chi connectivity index (χ0n) is 11.1. The van der Waals surface area contributed by atoms with Crippen LogP contribution in [-0.4, -0.2) is 10.7 Å². The lowest BCUT2D eigenvalue weighted by atomic mass is 9.62. The molecule has 2 atom stereocenters. The van der Waals surface area contributed by atoms with E-state index < -0.39 is 5.60 Å². The molecule has 1 N–H and O–H groups in total. The molecule has 0 spiro atoms. The van der Waals surface area contributed by atoms with Gasteiger partial charge in [0.05, 0.1) is 5.60 Å². The van der Waals surface area contributed by atoms with E-state index >= 15 is 0 Å². The second-order valence-electron chi connectivity index (χ2n) is 6.33. The molecule has 0 heterocycles. The molecule has 1 rings (SSSR count). The minimum Gasteiger partial charge on any atom is -0.390 e. The lowest BCUT2D eigenvalue weighted by molar-refractivity contribution is -0.0956. The molecule has 2 unspecified atom stereocenters. The van der Waals surface area contributed by atoms with Crippen LogP contribution in [0.1, 0.15) is 65.7 Å². The van der Waals surface area contributed by atoms with Crippen molar-refractivity contribution < 1.29 is 5.11 Å². The lowest BCUT2D eigenvalue weighted by Gasteiger charge is -2.47. The number of aliphatic hydroxyl groups is 1. The number of terminal acetylenes is 1. The molecule has 0 aromatic carbocycles. The first kappa shape index (κ1) is 13.6. The maximum absolute atomic E-state index is 10.8. The third kappa shape index (κ3) is 3.25. The number of unbranched alkanes of at least 4 members (excludes halogenated alkanes) is 1. The van der Waals surface area contributed by atoms with Crippen molar-refractivity contribution in [1.29, 1.82) is 0 Å². The average Bonchev–Trinajstić information content (AvgIpc) is 2.16. The number of hydrogen-bond donors (Lipinski definition) is 1. The highest BCUT2D eigenvalue weighted by Crippen LogP contribution is 2.46. The van der Waals surface area contributed by atoms with Crippen molar-refractivity contribution in [3.8, 4) is 12.3 Å². The SMILES string of the molecule is C#CCCCC1(O)CCCCC1C(C)(C)C. The zero-order valence-corrected chi connectivity index (χ0v) is 11.1. The summed E-state index contributed by atoms with van der Waals surface area (Å²) in [6.07, 6.45) is 12.4. The Balaban J connectivity index is 2.68. The summed E-state index contributed by atoms with van der Waals surface area (Å²) in [5.41, 5.74) is -0.265. The first-order chi connectivity index (χ1) is 7.40. The van der Waals surface area contributed by atoms with Gasteiger partial charge in [0.1, 0.15) is 0 Å². The summed E-state index contributed by atoms with van der Waals surface area (Å²) < 4.78 is 0. The Kier molecular flexibility index (Phi) is 4.44. The molecule has 16 heavy (non-hydrogen) atoms. The third-order valence-corrected chi connectivity index (χ3v) is 3.98. The van der Waals surface area contributed by atoms with Crippen LogP contribution in [0, 0.1) is 23.7 Å². The van der Waals surface area contributed by atoms with Crippen molar-refractivity contribution in [3.05, 3.63) is 0 Å². The van der Waals surface area contributed by atoms with Crippen LogP contribution in [0.5, 0.6) is 0 Å². The van der Waals surface area contributed by atoms with Crippen LogP contribution in [0.25, 0.3) is 0 Å². The van der Waals surface area contributed by atoms with Gasteiger partial charge in [0.25, 0.3) is 0 Å². The van der Waals surface area contributed by atoms with Crippen LogP contribution >= 0.6 is 0 Å². The Hall–Kier alpha value is -0.480. The molecule has 1 heteroatoms. The van der Waals surface area contributed by atoms with E-state index in [-0.39, 0.29) is 5.41 Å². The largest absolute Gasteiger partial charge is 0.390 e. The topological polar surface area (TPSA) is 20.2 Å². The fourth-order valence-corrected chi connectivity index (χ4v) is 3.26. The summed E-state index contributed by atoms with van der Waals surface area (Å²) >= 11 is 0. The van der Waals surface area contributed by atoms with Gasteiger partial charge < -0.3 is 5.11 Å². The van der Waals surface area contributed by atoms with Crippen molar-refractivity contribution in [2.75, 3.05) is 0 Å². The molecule has 0 bridgehead atoms. The maximum Gasteiger partial charge on any atom is 0.0681 e. The van der Waals surface area contributed by atoms with Crippen LogP contribution in [0.3, 0.4) is 0 Å². The molecule has 1 saturated carbocycles. The quantitative estimate of drug-likeness (QED) is 0.569. The fourth-order valence-electron chi connectivity index (χ4n) is 3.26. The first-order valence-electron chi connectivity index (χ1n) is 6.56. The molecule has 1 fully saturated rings. The standard InChI is InChI=1S/C15H26O/c1-5-6-8-11-15(16)12-9-7-10-13(15)14(2,3)4/h1,13,16H,6-12H2,2-4H3. The van der Waals surface area contributed by atoms with Gasteiger partial charge in [-0.05, 0) is 37.0 Å². The Bertz CT molecular complexity index is 256. The van der Waals surface area contributed by atoms with Crippen molar-refractivity contribution >= 4 is 0 Å². The zero-order chi connectivity index (χ0) is 12.2. The molecule has 1 nitrogen and oxygen atoms in total. The van der Waals surface area contributed by atoms with Crippen molar-refractivity contribution in [2.45, 2.75) is 71.3 Å². The molecule has 0 saturated heterocycles. The number of rotatable bonds is 3. The lowest BCUT2D eigenvalue weighted by Crippen LogP contribution is -2.46. The molecule has 0 aliphatic heterocycles. The third-order valence-electron chi connectivity index (χ3n) is 3.98. The van der Waals surface area contributed by atoms with Gasteiger partial charge in [-0.1, -0.05) is 33.6 Å². The monoisotopic (exact) mass is 222 g/mol. The van der Waals surface area contributed by atoms with Crippen LogP contribution in [0.4, 0.5) is 0 Å². The molecule has 0 radical (unpaired) electrons. The molecule has 0 aromatic rings. The van der Waals surface area contributed by atoms with Crippen LogP contribution in [0.15, 0.2) is 0 Å². The summed E-state index contributed by atoms with van der Waals surface area (Å²) in [6.45, 7) is 6.74. The smallest absolute Gasteiger partial charge is 0.0681 e. The maximum atomic E-state index is 10.8. The Morgan fingerprint density at radius 3 is 2.62 bits per heavy atom. The van der Waals surface area contributed by atoms with E-state index in [0.29, 0.717) is 5.92 Å². The Morgan fingerprint density at radius 1 is 1.38 bits per heavy atom. The van der Waals surface area contributed by atoms with Gasteiger partial charge in [-0.25, -0.2) is 0 Å². The minimum absolute atomic E-state index is 0.200. The first-order valence-corrected chi connectivity index (χ1v) is 6.56. The van der Waals surface area contributed by atoms with Gasteiger partial charge in [-0.3, -0.25) is 0 Å². The van der Waals surface area contributed by atoms with Crippen LogP contribution in [-0.2, 0) is 0 Å². The molecule has 92 valence electrons. The summed E-state index contributed by atoms with van der Waals surface area (Å²) in [6, 6.07) is 0. The van der Waals surface area contributed by atoms with Crippen LogP contribution < -0.4 is 0 Å². The minimum atomic E-state index is -0.465. The molecular formula is C15H26O. The average molecular weight is 222 g/mol. The van der Waals surface area contributed by atoms with Gasteiger partial charge >= 0.3 is 0 Å². The van der Waals surface area contributed by atoms with Crippen molar-refractivity contribution in [3.63, 3.8) is 0 Å². The molecule has 0 aromatic heterocycles. The summed E-state index contributed by atoms with van der Waals surface area (Å²) in [4.78, 5) is 0. The molecule has 1 aliphatic carbocycles. The van der Waals surface area contributed by atoms with Gasteiger partial charge in [-0.2, -0.15) is 0 Å².